The highest BCUT2D eigenvalue weighted by Gasteiger charge is 2.30. The number of benzene rings is 2. The molecular formula is C22H28ClN3O5S. The second-order valence-electron chi connectivity index (χ2n) is 7.33. The molecule has 2 aromatic carbocycles. The second kappa shape index (κ2) is 10.7. The van der Waals surface area contributed by atoms with Crippen molar-refractivity contribution < 1.29 is 22.7 Å². The van der Waals surface area contributed by atoms with Crippen LogP contribution in [0.15, 0.2) is 42.5 Å². The minimum Gasteiger partial charge on any atom is -0.495 e. The van der Waals surface area contributed by atoms with Crippen molar-refractivity contribution in [1.82, 2.24) is 10.2 Å². The number of amides is 2. The molecule has 32 heavy (non-hydrogen) atoms. The Bertz CT molecular complexity index is 1090. The molecule has 0 saturated heterocycles. The van der Waals surface area contributed by atoms with Gasteiger partial charge in [-0.3, -0.25) is 13.9 Å². The monoisotopic (exact) mass is 481 g/mol. The third-order valence-corrected chi connectivity index (χ3v) is 6.55. The van der Waals surface area contributed by atoms with Gasteiger partial charge in [-0.05, 0) is 43.2 Å². The first-order chi connectivity index (χ1) is 15.0. The molecular weight excluding hydrogens is 454 g/mol. The molecule has 1 N–H and O–H groups in total. The first kappa shape index (κ1) is 25.5. The van der Waals surface area contributed by atoms with Gasteiger partial charge in [0.05, 0.1) is 24.1 Å². The van der Waals surface area contributed by atoms with Crippen molar-refractivity contribution in [3.8, 4) is 5.75 Å². The summed E-state index contributed by atoms with van der Waals surface area (Å²) in [4.78, 5) is 27.0. The van der Waals surface area contributed by atoms with E-state index in [4.69, 9.17) is 16.3 Å². The molecule has 8 nitrogen and oxygen atoms in total. The van der Waals surface area contributed by atoms with Crippen LogP contribution in [0, 0.1) is 6.92 Å². The molecule has 0 spiro atoms. The van der Waals surface area contributed by atoms with E-state index in [1.165, 1.54) is 37.3 Å². The van der Waals surface area contributed by atoms with Crippen molar-refractivity contribution in [3.05, 3.63) is 58.6 Å². The van der Waals surface area contributed by atoms with Gasteiger partial charge in [-0.2, -0.15) is 0 Å². The summed E-state index contributed by atoms with van der Waals surface area (Å²) in [7, 11) is -0.899. The van der Waals surface area contributed by atoms with Crippen LogP contribution in [0.3, 0.4) is 0 Å². The van der Waals surface area contributed by atoms with Gasteiger partial charge in [0.2, 0.25) is 21.8 Å². The first-order valence-corrected chi connectivity index (χ1v) is 12.1. The van der Waals surface area contributed by atoms with Crippen LogP contribution in [0.1, 0.15) is 18.1 Å². The van der Waals surface area contributed by atoms with Crippen molar-refractivity contribution in [2.45, 2.75) is 26.4 Å². The molecule has 0 saturated carbocycles. The molecule has 0 heterocycles. The van der Waals surface area contributed by atoms with Gasteiger partial charge in [-0.25, -0.2) is 8.42 Å². The summed E-state index contributed by atoms with van der Waals surface area (Å²) in [5.41, 5.74) is 2.03. The van der Waals surface area contributed by atoms with E-state index in [1.807, 2.05) is 31.2 Å². The van der Waals surface area contributed by atoms with E-state index in [9.17, 15) is 18.0 Å². The van der Waals surface area contributed by atoms with E-state index < -0.39 is 28.5 Å². The molecule has 1 atom stereocenters. The summed E-state index contributed by atoms with van der Waals surface area (Å²) in [6.07, 6.45) is 1.01. The SMILES string of the molecule is CNC(=O)C(C)N(Cc1ccccc1C)C(=O)CN(c1ccc(OC)c(Cl)c1)S(C)(=O)=O. The highest BCUT2D eigenvalue weighted by Crippen LogP contribution is 2.30. The highest BCUT2D eigenvalue weighted by atomic mass is 35.5. The molecule has 0 radical (unpaired) electrons. The number of methoxy groups -OCH3 is 1. The van der Waals surface area contributed by atoms with E-state index in [-0.39, 0.29) is 23.2 Å². The number of carbonyl (C=O) groups is 2. The quantitative estimate of drug-likeness (QED) is 0.594. The molecule has 0 bridgehead atoms. The predicted octanol–water partition coefficient (Wildman–Crippen LogP) is 2.59. The first-order valence-electron chi connectivity index (χ1n) is 9.86. The summed E-state index contributed by atoms with van der Waals surface area (Å²) in [5, 5.41) is 2.75. The number of aryl methyl sites for hydroxylation is 1. The van der Waals surface area contributed by atoms with Crippen LogP contribution in [0.4, 0.5) is 5.69 Å². The fourth-order valence-corrected chi connectivity index (χ4v) is 4.28. The molecule has 0 aliphatic carbocycles. The fraction of sp³-hybridized carbons (Fsp3) is 0.364. The number of sulfonamides is 1. The molecule has 1 unspecified atom stereocenters. The summed E-state index contributed by atoms with van der Waals surface area (Å²) >= 11 is 6.16. The lowest BCUT2D eigenvalue weighted by molar-refractivity contribution is -0.139. The summed E-state index contributed by atoms with van der Waals surface area (Å²) in [5.74, 6) is -0.503. The minimum absolute atomic E-state index is 0.154. The van der Waals surface area contributed by atoms with Gasteiger partial charge in [0, 0.05) is 13.6 Å². The highest BCUT2D eigenvalue weighted by molar-refractivity contribution is 7.92. The number of likely N-dealkylation sites (N-methyl/N-ethyl adjacent to an activating group) is 1. The number of carbonyl (C=O) groups excluding carboxylic acids is 2. The zero-order valence-corrected chi connectivity index (χ0v) is 20.3. The third kappa shape index (κ3) is 6.14. The van der Waals surface area contributed by atoms with Crippen LogP contribution >= 0.6 is 11.6 Å². The predicted molar refractivity (Wildman–Crippen MR) is 125 cm³/mol. The van der Waals surface area contributed by atoms with E-state index in [0.717, 1.165) is 21.7 Å². The third-order valence-electron chi connectivity index (χ3n) is 5.12. The number of halogens is 1. The topological polar surface area (TPSA) is 96.0 Å². The molecule has 2 rings (SSSR count). The Labute approximate surface area is 194 Å². The smallest absolute Gasteiger partial charge is 0.244 e. The second-order valence-corrected chi connectivity index (χ2v) is 9.64. The van der Waals surface area contributed by atoms with Crippen molar-refractivity contribution in [2.75, 3.05) is 31.3 Å². The van der Waals surface area contributed by atoms with Gasteiger partial charge in [0.15, 0.2) is 0 Å². The van der Waals surface area contributed by atoms with E-state index in [2.05, 4.69) is 5.32 Å². The van der Waals surface area contributed by atoms with Gasteiger partial charge in [0.25, 0.3) is 0 Å². The maximum atomic E-state index is 13.3. The molecule has 0 aliphatic rings. The molecule has 0 aliphatic heterocycles. The molecule has 0 fully saturated rings. The van der Waals surface area contributed by atoms with Gasteiger partial charge >= 0.3 is 0 Å². The minimum atomic E-state index is -3.83. The molecule has 174 valence electrons. The lowest BCUT2D eigenvalue weighted by Gasteiger charge is -2.31. The molecule has 2 aromatic rings. The number of nitrogens with zero attached hydrogens (tertiary/aromatic N) is 2. The molecule has 10 heteroatoms. The molecule has 2 amide bonds. The Morgan fingerprint density at radius 2 is 1.84 bits per heavy atom. The van der Waals surface area contributed by atoms with Gasteiger partial charge in [-0.15, -0.1) is 0 Å². The largest absolute Gasteiger partial charge is 0.495 e. The summed E-state index contributed by atoms with van der Waals surface area (Å²) in [6.45, 7) is 3.17. The maximum Gasteiger partial charge on any atom is 0.244 e. The number of nitrogens with one attached hydrogen (secondary N) is 1. The van der Waals surface area contributed by atoms with Crippen LogP contribution in [0.2, 0.25) is 5.02 Å². The Balaban J connectivity index is 2.42. The average Bonchev–Trinajstić information content (AvgIpc) is 2.74. The van der Waals surface area contributed by atoms with Crippen LogP contribution in [0.5, 0.6) is 5.75 Å². The van der Waals surface area contributed by atoms with Gasteiger partial charge in [0.1, 0.15) is 18.3 Å². The number of hydrogen-bond donors (Lipinski definition) is 1. The summed E-state index contributed by atoms with van der Waals surface area (Å²) in [6, 6.07) is 11.1. The van der Waals surface area contributed by atoms with Crippen LogP contribution in [-0.4, -0.2) is 58.1 Å². The Morgan fingerprint density at radius 3 is 2.38 bits per heavy atom. The maximum absolute atomic E-state index is 13.3. The van der Waals surface area contributed by atoms with E-state index >= 15 is 0 Å². The number of anilines is 1. The number of rotatable bonds is 9. The lowest BCUT2D eigenvalue weighted by Crippen LogP contribution is -2.50. The van der Waals surface area contributed by atoms with Gasteiger partial charge in [-0.1, -0.05) is 35.9 Å². The zero-order chi connectivity index (χ0) is 24.1. The van der Waals surface area contributed by atoms with Gasteiger partial charge < -0.3 is 15.0 Å². The van der Waals surface area contributed by atoms with Crippen molar-refractivity contribution in [3.63, 3.8) is 0 Å². The average molecular weight is 482 g/mol. The normalized spacial score (nSPS) is 12.1. The Kier molecular flexibility index (Phi) is 8.51. The van der Waals surface area contributed by atoms with Crippen LogP contribution in [-0.2, 0) is 26.2 Å². The van der Waals surface area contributed by atoms with Crippen molar-refractivity contribution >= 4 is 39.1 Å². The van der Waals surface area contributed by atoms with Crippen molar-refractivity contribution in [1.29, 1.82) is 0 Å². The zero-order valence-electron chi connectivity index (χ0n) is 18.8. The summed E-state index contributed by atoms with van der Waals surface area (Å²) < 4.78 is 31.1. The van der Waals surface area contributed by atoms with Crippen LogP contribution < -0.4 is 14.4 Å². The Hall–Kier alpha value is -2.78. The standard InChI is InChI=1S/C22H28ClN3O5S/c1-15-8-6-7-9-17(15)13-25(16(2)22(28)24-3)21(27)14-26(32(5,29)30)18-10-11-20(31-4)19(23)12-18/h6-12,16H,13-14H2,1-5H3,(H,24,28). The van der Waals surface area contributed by atoms with Crippen LogP contribution in [0.25, 0.3) is 0 Å². The van der Waals surface area contributed by atoms with E-state index in [1.54, 1.807) is 6.92 Å². The molecule has 0 aromatic heterocycles. The Morgan fingerprint density at radius 1 is 1.19 bits per heavy atom. The fourth-order valence-electron chi connectivity index (χ4n) is 3.19. The number of hydrogen-bond acceptors (Lipinski definition) is 5. The van der Waals surface area contributed by atoms with E-state index in [0.29, 0.717) is 5.75 Å². The lowest BCUT2D eigenvalue weighted by atomic mass is 10.1. The number of ether oxygens (including phenoxy) is 1. The van der Waals surface area contributed by atoms with Crippen molar-refractivity contribution in [2.24, 2.45) is 0 Å².